The van der Waals surface area contributed by atoms with Gasteiger partial charge in [-0.2, -0.15) is 0 Å². The molecule has 8 heteroatoms. The molecule has 4 rings (SSSR count). The number of nitrogens with one attached hydrogen (secondary N) is 1. The number of piperazine rings is 1. The Labute approximate surface area is 165 Å². The van der Waals surface area contributed by atoms with Gasteiger partial charge in [0.25, 0.3) is 11.8 Å². The molecule has 2 fully saturated rings. The average Bonchev–Trinajstić information content (AvgIpc) is 3.14. The van der Waals surface area contributed by atoms with Crippen LogP contribution < -0.4 is 5.32 Å². The van der Waals surface area contributed by atoms with Crippen LogP contribution in [0.3, 0.4) is 0 Å². The molecular formula is C20H29N5O3. The lowest BCUT2D eigenvalue weighted by atomic mass is 9.95. The highest BCUT2D eigenvalue weighted by molar-refractivity contribution is 5.97. The van der Waals surface area contributed by atoms with Crippen LogP contribution in [0.5, 0.6) is 0 Å². The smallest absolute Gasteiger partial charge is 0.290 e. The first-order chi connectivity index (χ1) is 13.7. The molecule has 1 aromatic rings. The maximum atomic E-state index is 13.1. The van der Waals surface area contributed by atoms with Gasteiger partial charge in [0.15, 0.2) is 5.82 Å². The van der Waals surface area contributed by atoms with Crippen LogP contribution in [0.4, 0.5) is 0 Å². The number of imidazole rings is 1. The Hall–Kier alpha value is -2.38. The summed E-state index contributed by atoms with van der Waals surface area (Å²) in [4.78, 5) is 44.9. The lowest BCUT2D eigenvalue weighted by Gasteiger charge is -2.32. The van der Waals surface area contributed by atoms with E-state index >= 15 is 0 Å². The first kappa shape index (κ1) is 19.0. The molecule has 0 spiro atoms. The van der Waals surface area contributed by atoms with E-state index in [1.54, 1.807) is 9.80 Å². The summed E-state index contributed by atoms with van der Waals surface area (Å²) in [7, 11) is 0. The number of carbonyl (C=O) groups is 3. The first-order valence-corrected chi connectivity index (χ1v) is 10.6. The third kappa shape index (κ3) is 3.77. The standard InChI is InChI=1S/C20H29N5O3/c26-14-23-10-12-24(13-11-23)20(28)18-22-17(16-8-4-5-9-25(16)18)19(27)21-15-6-2-1-3-7-15/h14-15H,1-13H2,(H,21,27). The summed E-state index contributed by atoms with van der Waals surface area (Å²) in [5, 5.41) is 3.15. The molecule has 1 aromatic heterocycles. The molecule has 3 heterocycles. The van der Waals surface area contributed by atoms with Crippen molar-refractivity contribution in [3.05, 3.63) is 17.2 Å². The second kappa shape index (κ2) is 8.32. The molecule has 3 amide bonds. The maximum absolute atomic E-state index is 13.1. The van der Waals surface area contributed by atoms with Crippen LogP contribution in [0, 0.1) is 0 Å². The van der Waals surface area contributed by atoms with Gasteiger partial charge in [-0.3, -0.25) is 14.4 Å². The second-order valence-corrected chi connectivity index (χ2v) is 8.08. The van der Waals surface area contributed by atoms with Crippen molar-refractivity contribution in [2.45, 2.75) is 64.0 Å². The number of rotatable bonds is 4. The van der Waals surface area contributed by atoms with Crippen molar-refractivity contribution in [1.29, 1.82) is 0 Å². The summed E-state index contributed by atoms with van der Waals surface area (Å²) in [6, 6.07) is 0.220. The Balaban J connectivity index is 1.54. The lowest BCUT2D eigenvalue weighted by Crippen LogP contribution is -2.48. The highest BCUT2D eigenvalue weighted by Gasteiger charge is 2.31. The Morgan fingerprint density at radius 3 is 2.43 bits per heavy atom. The van der Waals surface area contributed by atoms with Crippen molar-refractivity contribution in [1.82, 2.24) is 24.7 Å². The van der Waals surface area contributed by atoms with Crippen molar-refractivity contribution in [3.8, 4) is 0 Å². The van der Waals surface area contributed by atoms with E-state index in [1.807, 2.05) is 4.57 Å². The fraction of sp³-hybridized carbons (Fsp3) is 0.700. The Morgan fingerprint density at radius 1 is 0.964 bits per heavy atom. The van der Waals surface area contributed by atoms with Crippen LogP contribution in [0.15, 0.2) is 0 Å². The van der Waals surface area contributed by atoms with Crippen molar-refractivity contribution < 1.29 is 14.4 Å². The molecular weight excluding hydrogens is 358 g/mol. The van der Waals surface area contributed by atoms with E-state index in [-0.39, 0.29) is 17.9 Å². The average molecular weight is 387 g/mol. The van der Waals surface area contributed by atoms with Crippen LogP contribution >= 0.6 is 0 Å². The van der Waals surface area contributed by atoms with Crippen molar-refractivity contribution in [3.63, 3.8) is 0 Å². The van der Waals surface area contributed by atoms with Crippen molar-refractivity contribution in [2.24, 2.45) is 0 Å². The quantitative estimate of drug-likeness (QED) is 0.787. The minimum Gasteiger partial charge on any atom is -0.348 e. The van der Waals surface area contributed by atoms with Gasteiger partial charge in [-0.1, -0.05) is 19.3 Å². The van der Waals surface area contributed by atoms with E-state index in [2.05, 4.69) is 10.3 Å². The Bertz CT molecular complexity index is 745. The minimum atomic E-state index is -0.137. The molecule has 28 heavy (non-hydrogen) atoms. The summed E-state index contributed by atoms with van der Waals surface area (Å²) in [5.41, 5.74) is 1.33. The number of amides is 3. The molecule has 0 unspecified atom stereocenters. The van der Waals surface area contributed by atoms with Crippen LogP contribution in [0.1, 0.15) is 71.7 Å². The topological polar surface area (TPSA) is 87.5 Å². The monoisotopic (exact) mass is 387 g/mol. The second-order valence-electron chi connectivity index (χ2n) is 8.08. The number of fused-ring (bicyclic) bond motifs is 1. The summed E-state index contributed by atoms with van der Waals surface area (Å²) in [6.45, 7) is 2.82. The van der Waals surface area contributed by atoms with Crippen LogP contribution in [0.25, 0.3) is 0 Å². The fourth-order valence-electron chi connectivity index (χ4n) is 4.56. The Morgan fingerprint density at radius 2 is 1.71 bits per heavy atom. The highest BCUT2D eigenvalue weighted by Crippen LogP contribution is 2.24. The zero-order valence-corrected chi connectivity index (χ0v) is 16.4. The largest absolute Gasteiger partial charge is 0.348 e. The number of carbonyl (C=O) groups excluding carboxylic acids is 3. The SMILES string of the molecule is O=CN1CCN(C(=O)c2nc(C(=O)NC3CCCCC3)c3n2CCCC3)CC1. The van der Waals surface area contributed by atoms with Crippen LogP contribution in [-0.2, 0) is 17.8 Å². The predicted octanol–water partition coefficient (Wildman–Crippen LogP) is 1.20. The molecule has 1 aliphatic carbocycles. The van der Waals surface area contributed by atoms with Crippen molar-refractivity contribution in [2.75, 3.05) is 26.2 Å². The van der Waals surface area contributed by atoms with Gasteiger partial charge in [0.2, 0.25) is 6.41 Å². The number of aromatic nitrogens is 2. The van der Waals surface area contributed by atoms with E-state index in [0.717, 1.165) is 63.6 Å². The minimum absolute atomic E-state index is 0.134. The third-order valence-corrected chi connectivity index (χ3v) is 6.22. The molecule has 0 bridgehead atoms. The molecule has 1 saturated carbocycles. The summed E-state index contributed by atoms with van der Waals surface area (Å²) >= 11 is 0. The molecule has 0 radical (unpaired) electrons. The fourth-order valence-corrected chi connectivity index (χ4v) is 4.56. The normalized spacial score (nSPS) is 20.6. The number of hydrogen-bond acceptors (Lipinski definition) is 4. The Kier molecular flexibility index (Phi) is 5.64. The van der Waals surface area contributed by atoms with Gasteiger partial charge in [0, 0.05) is 38.8 Å². The number of nitrogens with zero attached hydrogens (tertiary/aromatic N) is 4. The molecule has 1 N–H and O–H groups in total. The zero-order chi connectivity index (χ0) is 19.5. The van der Waals surface area contributed by atoms with Gasteiger partial charge in [-0.05, 0) is 32.1 Å². The van der Waals surface area contributed by atoms with Crippen molar-refractivity contribution >= 4 is 18.2 Å². The van der Waals surface area contributed by atoms with E-state index < -0.39 is 0 Å². The van der Waals surface area contributed by atoms with Gasteiger partial charge in [-0.25, -0.2) is 4.98 Å². The number of hydrogen-bond donors (Lipinski definition) is 1. The van der Waals surface area contributed by atoms with E-state index in [1.165, 1.54) is 6.42 Å². The lowest BCUT2D eigenvalue weighted by molar-refractivity contribution is -0.119. The summed E-state index contributed by atoms with van der Waals surface area (Å²) in [5.74, 6) is 0.107. The van der Waals surface area contributed by atoms with Gasteiger partial charge in [0.1, 0.15) is 5.69 Å². The zero-order valence-electron chi connectivity index (χ0n) is 16.4. The summed E-state index contributed by atoms with van der Waals surface area (Å²) < 4.78 is 1.95. The van der Waals surface area contributed by atoms with E-state index in [0.29, 0.717) is 37.7 Å². The first-order valence-electron chi connectivity index (χ1n) is 10.6. The summed E-state index contributed by atoms with van der Waals surface area (Å²) in [6.07, 6.45) is 9.21. The molecule has 8 nitrogen and oxygen atoms in total. The van der Waals surface area contributed by atoms with Crippen LogP contribution in [-0.4, -0.2) is 69.8 Å². The molecule has 1 saturated heterocycles. The molecule has 0 aromatic carbocycles. The van der Waals surface area contributed by atoms with E-state index in [9.17, 15) is 14.4 Å². The van der Waals surface area contributed by atoms with Gasteiger partial charge in [0.05, 0.1) is 5.69 Å². The molecule has 2 aliphatic heterocycles. The molecule has 152 valence electrons. The van der Waals surface area contributed by atoms with Crippen LogP contribution in [0.2, 0.25) is 0 Å². The van der Waals surface area contributed by atoms with E-state index in [4.69, 9.17) is 0 Å². The molecule has 3 aliphatic rings. The predicted molar refractivity (Wildman–Crippen MR) is 103 cm³/mol. The highest BCUT2D eigenvalue weighted by atomic mass is 16.2. The third-order valence-electron chi connectivity index (χ3n) is 6.22. The van der Waals surface area contributed by atoms with Gasteiger partial charge < -0.3 is 19.7 Å². The maximum Gasteiger partial charge on any atom is 0.290 e. The van der Waals surface area contributed by atoms with Gasteiger partial charge in [-0.15, -0.1) is 0 Å². The molecule has 0 atom stereocenters. The van der Waals surface area contributed by atoms with Gasteiger partial charge >= 0.3 is 0 Å².